The molecule has 27 heavy (non-hydrogen) atoms. The van der Waals surface area contributed by atoms with Crippen LogP contribution in [-0.2, 0) is 42.0 Å². The van der Waals surface area contributed by atoms with Crippen molar-refractivity contribution in [2.45, 2.75) is 19.3 Å². The molecular weight excluding hydrogens is 374 g/mol. The van der Waals surface area contributed by atoms with Gasteiger partial charge >= 0.3 is 22.4 Å². The van der Waals surface area contributed by atoms with Gasteiger partial charge < -0.3 is 9.47 Å². The van der Waals surface area contributed by atoms with Crippen LogP contribution in [0.4, 0.5) is 4.79 Å². The van der Waals surface area contributed by atoms with Crippen LogP contribution in [0.25, 0.3) is 0 Å². The van der Waals surface area contributed by atoms with E-state index in [2.05, 4.69) is 4.18 Å². The fraction of sp³-hybridized carbons (Fsp3) is 0.222. The maximum absolute atomic E-state index is 12.3. The Kier molecular flexibility index (Phi) is 5.72. The van der Waals surface area contributed by atoms with E-state index in [1.54, 1.807) is 54.6 Å². The Morgan fingerprint density at radius 2 is 1.44 bits per heavy atom. The van der Waals surface area contributed by atoms with E-state index in [0.29, 0.717) is 5.56 Å². The Morgan fingerprint density at radius 1 is 0.926 bits per heavy atom. The standard InChI is InChI=1S/C18H17NO7S/c20-17(24-11-14-7-3-1-4-8-14)16-13-26-27(22,23)19(16)18(21)25-12-15-9-5-2-6-10-15/h1-10,16H,11-13H2/t16-/m0/s1. The van der Waals surface area contributed by atoms with Crippen molar-refractivity contribution in [1.82, 2.24) is 4.31 Å². The molecule has 1 saturated heterocycles. The quantitative estimate of drug-likeness (QED) is 0.719. The maximum Gasteiger partial charge on any atom is 0.426 e. The second kappa shape index (κ2) is 8.19. The highest BCUT2D eigenvalue weighted by molar-refractivity contribution is 7.85. The molecule has 9 heteroatoms. The molecule has 142 valence electrons. The number of hydrogen-bond donors (Lipinski definition) is 0. The van der Waals surface area contributed by atoms with Crippen LogP contribution in [0.1, 0.15) is 11.1 Å². The topological polar surface area (TPSA) is 99.2 Å². The molecule has 1 atom stereocenters. The minimum atomic E-state index is -4.41. The molecule has 3 rings (SSSR count). The zero-order chi connectivity index (χ0) is 19.3. The number of carbonyl (C=O) groups is 2. The number of ether oxygens (including phenoxy) is 2. The summed E-state index contributed by atoms with van der Waals surface area (Å²) in [5, 5.41) is 0. The van der Waals surface area contributed by atoms with Crippen molar-refractivity contribution in [1.29, 1.82) is 0 Å². The molecule has 0 aliphatic carbocycles. The largest absolute Gasteiger partial charge is 0.459 e. The average molecular weight is 391 g/mol. The highest BCUT2D eigenvalue weighted by Crippen LogP contribution is 2.22. The summed E-state index contributed by atoms with van der Waals surface area (Å²) in [6, 6.07) is 16.2. The molecule has 0 aromatic heterocycles. The molecule has 0 saturated carbocycles. The predicted octanol–water partition coefficient (Wildman–Crippen LogP) is 2.01. The summed E-state index contributed by atoms with van der Waals surface area (Å²) in [5.41, 5.74) is 1.40. The SMILES string of the molecule is O=C(OCc1ccccc1)[C@@H]1COS(=O)(=O)N1C(=O)OCc1ccccc1. The summed E-state index contributed by atoms with van der Waals surface area (Å²) >= 11 is 0. The molecule has 1 heterocycles. The summed E-state index contributed by atoms with van der Waals surface area (Å²) in [5.74, 6) is -0.892. The molecule has 1 aliphatic heterocycles. The van der Waals surface area contributed by atoms with Crippen molar-refractivity contribution >= 4 is 22.4 Å². The average Bonchev–Trinajstić information content (AvgIpc) is 3.01. The van der Waals surface area contributed by atoms with E-state index in [4.69, 9.17) is 9.47 Å². The second-order valence-electron chi connectivity index (χ2n) is 5.69. The molecule has 1 aliphatic rings. The Labute approximate surface area is 156 Å². The molecule has 0 N–H and O–H groups in total. The molecule has 0 spiro atoms. The van der Waals surface area contributed by atoms with Crippen molar-refractivity contribution in [3.05, 3.63) is 71.8 Å². The molecule has 8 nitrogen and oxygen atoms in total. The summed E-state index contributed by atoms with van der Waals surface area (Å²) < 4.78 is 39.0. The lowest BCUT2D eigenvalue weighted by Crippen LogP contribution is -2.44. The van der Waals surface area contributed by atoms with Crippen LogP contribution >= 0.6 is 0 Å². The fourth-order valence-corrected chi connectivity index (χ4v) is 3.53. The van der Waals surface area contributed by atoms with Gasteiger partial charge in [-0.25, -0.2) is 9.59 Å². The Hall–Kier alpha value is -2.91. The zero-order valence-corrected chi connectivity index (χ0v) is 15.0. The fourth-order valence-electron chi connectivity index (χ4n) is 2.42. The Balaban J connectivity index is 1.65. The summed E-state index contributed by atoms with van der Waals surface area (Å²) in [6.07, 6.45) is -1.20. The normalized spacial score (nSPS) is 18.1. The number of nitrogens with zero attached hydrogens (tertiary/aromatic N) is 1. The van der Waals surface area contributed by atoms with E-state index in [0.717, 1.165) is 5.56 Å². The molecule has 0 unspecified atom stereocenters. The first-order valence-corrected chi connectivity index (χ1v) is 9.44. The maximum atomic E-state index is 12.3. The number of amides is 1. The van der Waals surface area contributed by atoms with Gasteiger partial charge in [0.15, 0.2) is 6.04 Å². The number of benzene rings is 2. The minimum Gasteiger partial charge on any atom is -0.459 e. The molecule has 0 radical (unpaired) electrons. The van der Waals surface area contributed by atoms with Gasteiger partial charge in [-0.3, -0.25) is 4.18 Å². The van der Waals surface area contributed by atoms with Crippen molar-refractivity contribution < 1.29 is 31.7 Å². The van der Waals surface area contributed by atoms with Crippen LogP contribution in [0.15, 0.2) is 60.7 Å². The third-order valence-corrected chi connectivity index (χ3v) is 5.10. The molecule has 1 fully saturated rings. The van der Waals surface area contributed by atoms with Crippen LogP contribution in [0, 0.1) is 0 Å². The lowest BCUT2D eigenvalue weighted by atomic mass is 10.2. The molecule has 1 amide bonds. The summed E-state index contributed by atoms with van der Waals surface area (Å²) in [7, 11) is -4.41. The summed E-state index contributed by atoms with van der Waals surface area (Å²) in [6.45, 7) is -0.711. The first-order chi connectivity index (χ1) is 13.0. The van der Waals surface area contributed by atoms with Crippen LogP contribution in [-0.4, -0.2) is 37.4 Å². The van der Waals surface area contributed by atoms with Crippen molar-refractivity contribution in [3.8, 4) is 0 Å². The van der Waals surface area contributed by atoms with Crippen LogP contribution in [0.5, 0.6) is 0 Å². The van der Waals surface area contributed by atoms with Crippen LogP contribution < -0.4 is 0 Å². The van der Waals surface area contributed by atoms with Gasteiger partial charge in [0.2, 0.25) is 0 Å². The Bertz CT molecular complexity index is 900. The van der Waals surface area contributed by atoms with E-state index in [1.807, 2.05) is 6.07 Å². The molecule has 2 aromatic rings. The third-order valence-electron chi connectivity index (χ3n) is 3.78. The predicted molar refractivity (Wildman–Crippen MR) is 93.4 cm³/mol. The van der Waals surface area contributed by atoms with E-state index in [1.165, 1.54) is 0 Å². The van der Waals surface area contributed by atoms with E-state index >= 15 is 0 Å². The van der Waals surface area contributed by atoms with Gasteiger partial charge in [0.05, 0.1) is 0 Å². The lowest BCUT2D eigenvalue weighted by molar-refractivity contribution is -0.149. The molecule has 2 aromatic carbocycles. The van der Waals surface area contributed by atoms with Gasteiger partial charge in [0.25, 0.3) is 0 Å². The van der Waals surface area contributed by atoms with Crippen LogP contribution in [0.3, 0.4) is 0 Å². The van der Waals surface area contributed by atoms with Crippen molar-refractivity contribution in [2.24, 2.45) is 0 Å². The molecule has 0 bridgehead atoms. The first-order valence-electron chi connectivity index (χ1n) is 8.07. The number of esters is 1. The highest BCUT2D eigenvalue weighted by atomic mass is 32.2. The second-order valence-corrected chi connectivity index (χ2v) is 7.17. The van der Waals surface area contributed by atoms with Gasteiger partial charge in [0, 0.05) is 0 Å². The first kappa shape index (κ1) is 18.9. The summed E-state index contributed by atoms with van der Waals surface area (Å²) in [4.78, 5) is 24.5. The van der Waals surface area contributed by atoms with E-state index < -0.39 is 35.0 Å². The van der Waals surface area contributed by atoms with Crippen LogP contribution in [0.2, 0.25) is 0 Å². The molecular formula is C18H17NO7S. The monoisotopic (exact) mass is 391 g/mol. The number of carbonyl (C=O) groups excluding carboxylic acids is 2. The van der Waals surface area contributed by atoms with Gasteiger partial charge in [-0.15, -0.1) is 0 Å². The third kappa shape index (κ3) is 4.63. The highest BCUT2D eigenvalue weighted by Gasteiger charge is 2.48. The van der Waals surface area contributed by atoms with Crippen molar-refractivity contribution in [3.63, 3.8) is 0 Å². The van der Waals surface area contributed by atoms with Gasteiger partial charge in [-0.2, -0.15) is 12.7 Å². The zero-order valence-electron chi connectivity index (χ0n) is 14.2. The Morgan fingerprint density at radius 3 is 2.00 bits per heavy atom. The van der Waals surface area contributed by atoms with Crippen molar-refractivity contribution in [2.75, 3.05) is 6.61 Å². The van der Waals surface area contributed by atoms with Gasteiger partial charge in [-0.1, -0.05) is 60.7 Å². The lowest BCUT2D eigenvalue weighted by Gasteiger charge is -2.19. The minimum absolute atomic E-state index is 0.0525. The van der Waals surface area contributed by atoms with Gasteiger partial charge in [-0.05, 0) is 11.1 Å². The number of rotatable bonds is 5. The smallest absolute Gasteiger partial charge is 0.426 e. The van der Waals surface area contributed by atoms with E-state index in [9.17, 15) is 18.0 Å². The van der Waals surface area contributed by atoms with E-state index in [-0.39, 0.29) is 17.5 Å². The van der Waals surface area contributed by atoms with Gasteiger partial charge in [0.1, 0.15) is 19.8 Å². The number of hydrogen-bond acceptors (Lipinski definition) is 7.